The van der Waals surface area contributed by atoms with Crippen LogP contribution in [0.5, 0.6) is 5.75 Å². The van der Waals surface area contributed by atoms with Gasteiger partial charge in [0.25, 0.3) is 0 Å². The maximum Gasteiger partial charge on any atom is 0.210 e. The molecular formula is C16H15BrN4OS. The smallest absolute Gasteiger partial charge is 0.210 e. The van der Waals surface area contributed by atoms with Crippen molar-refractivity contribution in [3.8, 4) is 17.1 Å². The number of nitrogens with two attached hydrogens (primary N) is 1. The molecular weight excluding hydrogens is 376 g/mol. The Morgan fingerprint density at radius 1 is 1.17 bits per heavy atom. The van der Waals surface area contributed by atoms with Crippen LogP contribution in [0.25, 0.3) is 11.4 Å². The van der Waals surface area contributed by atoms with Crippen molar-refractivity contribution >= 4 is 27.7 Å². The van der Waals surface area contributed by atoms with Crippen LogP contribution < -0.4 is 10.6 Å². The second kappa shape index (κ2) is 7.06. The molecule has 0 aliphatic rings. The number of thioether (sulfide) groups is 1. The number of aromatic nitrogens is 3. The number of rotatable bonds is 5. The standard InChI is InChI=1S/C16H15BrN4OS/c1-22-14-4-2-3-12(9-14)15-19-20-16(21(15)18)23-10-11-5-7-13(17)8-6-11/h2-9H,10,18H2,1H3. The summed E-state index contributed by atoms with van der Waals surface area (Å²) in [5.74, 6) is 8.29. The van der Waals surface area contributed by atoms with Crippen molar-refractivity contribution in [2.45, 2.75) is 10.9 Å². The van der Waals surface area contributed by atoms with Crippen LogP contribution in [-0.4, -0.2) is 22.0 Å². The minimum absolute atomic E-state index is 0.613. The number of ether oxygens (including phenoxy) is 1. The van der Waals surface area contributed by atoms with E-state index in [9.17, 15) is 0 Å². The van der Waals surface area contributed by atoms with E-state index in [1.54, 1.807) is 18.9 Å². The monoisotopic (exact) mass is 390 g/mol. The van der Waals surface area contributed by atoms with Crippen molar-refractivity contribution in [2.75, 3.05) is 13.0 Å². The summed E-state index contributed by atoms with van der Waals surface area (Å²) in [6, 6.07) is 15.8. The van der Waals surface area contributed by atoms with Crippen LogP contribution in [0.15, 0.2) is 58.2 Å². The Balaban J connectivity index is 1.77. The van der Waals surface area contributed by atoms with Crippen LogP contribution in [0, 0.1) is 0 Å². The Labute approximate surface area is 147 Å². The number of hydrogen-bond acceptors (Lipinski definition) is 5. The molecule has 0 aliphatic carbocycles. The molecule has 2 aromatic carbocycles. The van der Waals surface area contributed by atoms with Gasteiger partial charge in [-0.3, -0.25) is 0 Å². The van der Waals surface area contributed by atoms with Gasteiger partial charge in [0.1, 0.15) is 5.75 Å². The van der Waals surface area contributed by atoms with Crippen molar-refractivity contribution in [3.05, 3.63) is 58.6 Å². The molecule has 0 bridgehead atoms. The lowest BCUT2D eigenvalue weighted by Gasteiger charge is -2.05. The quantitative estimate of drug-likeness (QED) is 0.531. The van der Waals surface area contributed by atoms with Crippen molar-refractivity contribution in [1.29, 1.82) is 0 Å². The van der Waals surface area contributed by atoms with Crippen LogP contribution in [0.4, 0.5) is 0 Å². The van der Waals surface area contributed by atoms with Crippen molar-refractivity contribution < 1.29 is 4.74 Å². The molecule has 2 N–H and O–H groups in total. The van der Waals surface area contributed by atoms with E-state index in [1.807, 2.05) is 36.4 Å². The molecule has 0 saturated carbocycles. The summed E-state index contributed by atoms with van der Waals surface area (Å²) in [5.41, 5.74) is 2.07. The highest BCUT2D eigenvalue weighted by molar-refractivity contribution is 9.10. The summed E-state index contributed by atoms with van der Waals surface area (Å²) in [6.45, 7) is 0. The molecule has 23 heavy (non-hydrogen) atoms. The van der Waals surface area contributed by atoms with Crippen LogP contribution in [-0.2, 0) is 5.75 Å². The minimum Gasteiger partial charge on any atom is -0.497 e. The van der Waals surface area contributed by atoms with Crippen LogP contribution in [0.3, 0.4) is 0 Å². The van der Waals surface area contributed by atoms with Gasteiger partial charge in [0.2, 0.25) is 5.16 Å². The highest BCUT2D eigenvalue weighted by atomic mass is 79.9. The van der Waals surface area contributed by atoms with Gasteiger partial charge in [0, 0.05) is 15.8 Å². The lowest BCUT2D eigenvalue weighted by atomic mass is 10.2. The Hall–Kier alpha value is -1.99. The van der Waals surface area contributed by atoms with Crippen LogP contribution in [0.2, 0.25) is 0 Å². The van der Waals surface area contributed by atoms with Gasteiger partial charge in [0.05, 0.1) is 7.11 Å². The molecule has 3 rings (SSSR count). The fourth-order valence-corrected chi connectivity index (χ4v) is 3.14. The van der Waals surface area contributed by atoms with E-state index in [0.29, 0.717) is 11.0 Å². The molecule has 118 valence electrons. The highest BCUT2D eigenvalue weighted by Gasteiger charge is 2.12. The van der Waals surface area contributed by atoms with E-state index in [4.69, 9.17) is 10.6 Å². The molecule has 0 amide bonds. The molecule has 0 spiro atoms. The van der Waals surface area contributed by atoms with Crippen LogP contribution in [0.1, 0.15) is 5.56 Å². The first-order chi connectivity index (χ1) is 11.2. The third-order valence-electron chi connectivity index (χ3n) is 3.27. The normalized spacial score (nSPS) is 10.7. The second-order valence-corrected chi connectivity index (χ2v) is 6.68. The van der Waals surface area contributed by atoms with Crippen molar-refractivity contribution in [1.82, 2.24) is 14.9 Å². The van der Waals surface area contributed by atoms with Gasteiger partial charge in [-0.15, -0.1) is 10.2 Å². The SMILES string of the molecule is COc1cccc(-c2nnc(SCc3ccc(Br)cc3)n2N)c1. The number of methoxy groups -OCH3 is 1. The molecule has 0 radical (unpaired) electrons. The highest BCUT2D eigenvalue weighted by Crippen LogP contribution is 2.26. The Kier molecular flexibility index (Phi) is 4.88. The molecule has 0 aliphatic heterocycles. The molecule has 0 unspecified atom stereocenters. The molecule has 1 aromatic heterocycles. The van der Waals surface area contributed by atoms with E-state index in [1.165, 1.54) is 10.2 Å². The molecule has 5 nitrogen and oxygen atoms in total. The van der Waals surface area contributed by atoms with E-state index in [-0.39, 0.29) is 0 Å². The third-order valence-corrected chi connectivity index (χ3v) is 4.82. The number of nitrogens with zero attached hydrogens (tertiary/aromatic N) is 3. The topological polar surface area (TPSA) is 66.0 Å². The first-order valence-electron chi connectivity index (χ1n) is 6.89. The summed E-state index contributed by atoms with van der Waals surface area (Å²) in [6.07, 6.45) is 0. The zero-order valence-corrected chi connectivity index (χ0v) is 14.8. The fourth-order valence-electron chi connectivity index (χ4n) is 2.06. The number of benzene rings is 2. The zero-order valence-electron chi connectivity index (χ0n) is 12.4. The third kappa shape index (κ3) is 3.68. The van der Waals surface area contributed by atoms with Crippen molar-refractivity contribution in [3.63, 3.8) is 0 Å². The summed E-state index contributed by atoms with van der Waals surface area (Å²) in [4.78, 5) is 0. The van der Waals surface area contributed by atoms with Gasteiger partial charge in [0.15, 0.2) is 5.82 Å². The molecule has 0 saturated heterocycles. The maximum absolute atomic E-state index is 6.14. The summed E-state index contributed by atoms with van der Waals surface area (Å²) in [5, 5.41) is 9.04. The Morgan fingerprint density at radius 3 is 2.70 bits per heavy atom. The fraction of sp³-hybridized carbons (Fsp3) is 0.125. The average molecular weight is 391 g/mol. The van der Waals surface area contributed by atoms with E-state index < -0.39 is 0 Å². The van der Waals surface area contributed by atoms with Gasteiger partial charge in [-0.2, -0.15) is 0 Å². The summed E-state index contributed by atoms with van der Waals surface area (Å²) >= 11 is 4.98. The minimum atomic E-state index is 0.613. The van der Waals surface area contributed by atoms with Gasteiger partial charge in [-0.05, 0) is 29.8 Å². The molecule has 1 heterocycles. The number of hydrogen-bond donors (Lipinski definition) is 1. The Bertz CT molecular complexity index is 804. The van der Waals surface area contributed by atoms with Gasteiger partial charge < -0.3 is 10.6 Å². The van der Waals surface area contributed by atoms with Crippen LogP contribution >= 0.6 is 27.7 Å². The van der Waals surface area contributed by atoms with E-state index >= 15 is 0 Å². The maximum atomic E-state index is 6.14. The predicted molar refractivity (Wildman–Crippen MR) is 95.9 cm³/mol. The molecule has 0 fully saturated rings. The van der Waals surface area contributed by atoms with E-state index in [0.717, 1.165) is 21.5 Å². The largest absolute Gasteiger partial charge is 0.497 e. The zero-order chi connectivity index (χ0) is 16.2. The number of halogens is 1. The van der Waals surface area contributed by atoms with Gasteiger partial charge >= 0.3 is 0 Å². The number of nitrogen functional groups attached to an aromatic ring is 1. The molecule has 7 heteroatoms. The van der Waals surface area contributed by atoms with Gasteiger partial charge in [-0.1, -0.05) is 52.0 Å². The van der Waals surface area contributed by atoms with Gasteiger partial charge in [-0.25, -0.2) is 4.68 Å². The molecule has 3 aromatic rings. The lowest BCUT2D eigenvalue weighted by Crippen LogP contribution is -2.11. The predicted octanol–water partition coefficient (Wildman–Crippen LogP) is 3.72. The summed E-state index contributed by atoms with van der Waals surface area (Å²) in [7, 11) is 1.63. The first-order valence-corrected chi connectivity index (χ1v) is 8.67. The Morgan fingerprint density at radius 2 is 1.96 bits per heavy atom. The molecule has 0 atom stereocenters. The van der Waals surface area contributed by atoms with E-state index in [2.05, 4.69) is 38.3 Å². The average Bonchev–Trinajstić information content (AvgIpc) is 2.95. The summed E-state index contributed by atoms with van der Waals surface area (Å²) < 4.78 is 7.81. The van der Waals surface area contributed by atoms with Crippen molar-refractivity contribution in [2.24, 2.45) is 0 Å². The lowest BCUT2D eigenvalue weighted by molar-refractivity contribution is 0.415. The first kappa shape index (κ1) is 15.9. The second-order valence-electron chi connectivity index (χ2n) is 4.82.